The molecule has 0 amide bonds. The molecule has 0 unspecified atom stereocenters. The van der Waals surface area contributed by atoms with E-state index in [1.807, 2.05) is 33.8 Å². The Morgan fingerprint density at radius 1 is 1.05 bits per heavy atom. The van der Waals surface area contributed by atoms with Gasteiger partial charge in [0.15, 0.2) is 0 Å². The summed E-state index contributed by atoms with van der Waals surface area (Å²) in [5, 5.41) is 0. The Balaban J connectivity index is 1.83. The van der Waals surface area contributed by atoms with E-state index in [0.717, 1.165) is 5.57 Å². The summed E-state index contributed by atoms with van der Waals surface area (Å²) < 4.78 is 35.9. The molecule has 0 N–H and O–H groups in total. The predicted octanol–water partition coefficient (Wildman–Crippen LogP) is 2.65. The minimum Gasteiger partial charge on any atom is -0.465 e. The number of esters is 4. The van der Waals surface area contributed by atoms with Crippen LogP contribution in [0.3, 0.4) is 0 Å². The zero-order chi connectivity index (χ0) is 27.3. The Hall–Kier alpha value is -2.46. The van der Waals surface area contributed by atoms with E-state index in [0.29, 0.717) is 6.61 Å². The Morgan fingerprint density at radius 3 is 2.24 bits per heavy atom. The molecule has 10 heteroatoms. The minimum atomic E-state index is -0.963. The first-order valence-corrected chi connectivity index (χ1v) is 12.9. The van der Waals surface area contributed by atoms with Crippen molar-refractivity contribution in [3.63, 3.8) is 0 Å². The SMILES string of the molecule is CC(=O)OC[C@]12C[C@H](OC(=O)CC(C)C)C(C)=C[C@H]1O[C@@H]1[C@H](OC(C)=O)C[C@@H](OC(C)=O)[C@@]2(C)[C@@]12CO2. The molecule has 1 spiro atoms. The average molecular weight is 523 g/mol. The van der Waals surface area contributed by atoms with Crippen molar-refractivity contribution < 1.29 is 47.6 Å². The van der Waals surface area contributed by atoms with Crippen molar-refractivity contribution in [2.24, 2.45) is 16.7 Å². The number of carbonyl (C=O) groups excluding carboxylic acids is 4. The summed E-state index contributed by atoms with van der Waals surface area (Å²) in [4.78, 5) is 49.0. The molecule has 0 aromatic rings. The Labute approximate surface area is 217 Å². The van der Waals surface area contributed by atoms with E-state index in [-0.39, 0.29) is 37.8 Å². The molecular weight excluding hydrogens is 484 g/mol. The van der Waals surface area contributed by atoms with E-state index >= 15 is 0 Å². The molecule has 8 atom stereocenters. The molecule has 2 saturated heterocycles. The third kappa shape index (κ3) is 4.56. The number of epoxide rings is 1. The summed E-state index contributed by atoms with van der Waals surface area (Å²) in [6.45, 7) is 11.9. The first kappa shape index (κ1) is 27.6. The molecule has 2 bridgehead atoms. The zero-order valence-corrected chi connectivity index (χ0v) is 22.7. The molecule has 0 aromatic carbocycles. The molecule has 4 aliphatic rings. The summed E-state index contributed by atoms with van der Waals surface area (Å²) in [5.74, 6) is -1.62. The third-order valence-electron chi connectivity index (χ3n) is 8.57. The first-order valence-electron chi connectivity index (χ1n) is 12.9. The molecule has 37 heavy (non-hydrogen) atoms. The summed E-state index contributed by atoms with van der Waals surface area (Å²) in [6.07, 6.45) is -0.610. The van der Waals surface area contributed by atoms with Crippen molar-refractivity contribution in [1.29, 1.82) is 0 Å². The quantitative estimate of drug-likeness (QED) is 0.213. The summed E-state index contributed by atoms with van der Waals surface area (Å²) in [7, 11) is 0. The van der Waals surface area contributed by atoms with Crippen molar-refractivity contribution in [3.8, 4) is 0 Å². The second kappa shape index (κ2) is 9.69. The molecule has 2 heterocycles. The maximum Gasteiger partial charge on any atom is 0.306 e. The van der Waals surface area contributed by atoms with Crippen LogP contribution in [0.5, 0.6) is 0 Å². The van der Waals surface area contributed by atoms with Crippen molar-refractivity contribution in [3.05, 3.63) is 11.6 Å². The lowest BCUT2D eigenvalue weighted by Gasteiger charge is -2.66. The Bertz CT molecular complexity index is 997. The van der Waals surface area contributed by atoms with Gasteiger partial charge in [0, 0.05) is 40.0 Å². The first-order chi connectivity index (χ1) is 17.3. The van der Waals surface area contributed by atoms with Gasteiger partial charge in [0.25, 0.3) is 0 Å². The highest BCUT2D eigenvalue weighted by Crippen LogP contribution is 2.70. The predicted molar refractivity (Wildman–Crippen MR) is 128 cm³/mol. The standard InChI is InChI=1S/C27H38O10/c1-14(2)8-23(31)36-20-11-26(12-32-16(4)28)22(9-15(20)3)37-24-19(34-17(5)29)10-21(35-18(6)30)25(26,7)27(24)13-33-27/h9,14,19-22,24H,8,10-13H2,1-7H3/t19-,20+,21-,22-,24-,25-,26-,27-/m1/s1. The van der Waals surface area contributed by atoms with Crippen LogP contribution in [0, 0.1) is 16.7 Å². The largest absolute Gasteiger partial charge is 0.465 e. The third-order valence-corrected chi connectivity index (χ3v) is 8.57. The molecule has 206 valence electrons. The lowest BCUT2D eigenvalue weighted by Crippen LogP contribution is -2.77. The smallest absolute Gasteiger partial charge is 0.306 e. The van der Waals surface area contributed by atoms with Gasteiger partial charge >= 0.3 is 23.9 Å². The van der Waals surface area contributed by atoms with Crippen LogP contribution in [0.2, 0.25) is 0 Å². The molecule has 2 aliphatic carbocycles. The molecule has 3 fully saturated rings. The van der Waals surface area contributed by atoms with E-state index in [2.05, 4.69) is 0 Å². The Morgan fingerprint density at radius 2 is 1.70 bits per heavy atom. The lowest BCUT2D eigenvalue weighted by molar-refractivity contribution is -0.319. The van der Waals surface area contributed by atoms with Gasteiger partial charge in [-0.3, -0.25) is 19.2 Å². The fourth-order valence-electron chi connectivity index (χ4n) is 6.75. The molecular formula is C27H38O10. The van der Waals surface area contributed by atoms with E-state index in [1.54, 1.807) is 0 Å². The van der Waals surface area contributed by atoms with Gasteiger partial charge in [0.05, 0.1) is 23.5 Å². The van der Waals surface area contributed by atoms with Crippen LogP contribution in [0.15, 0.2) is 11.6 Å². The average Bonchev–Trinajstić information content (AvgIpc) is 3.55. The van der Waals surface area contributed by atoms with Crippen LogP contribution < -0.4 is 0 Å². The van der Waals surface area contributed by atoms with Gasteiger partial charge < -0.3 is 28.4 Å². The number of ether oxygens (including phenoxy) is 6. The van der Waals surface area contributed by atoms with Crippen LogP contribution in [0.1, 0.15) is 67.7 Å². The van der Waals surface area contributed by atoms with E-state index in [9.17, 15) is 19.2 Å². The van der Waals surface area contributed by atoms with Gasteiger partial charge in [-0.25, -0.2) is 0 Å². The van der Waals surface area contributed by atoms with Crippen LogP contribution >= 0.6 is 0 Å². The summed E-state index contributed by atoms with van der Waals surface area (Å²) >= 11 is 0. The van der Waals surface area contributed by atoms with Gasteiger partial charge in [-0.15, -0.1) is 0 Å². The van der Waals surface area contributed by atoms with Crippen LogP contribution in [0.4, 0.5) is 0 Å². The number of hydrogen-bond acceptors (Lipinski definition) is 10. The number of fused-ring (bicyclic) bond motifs is 2. The van der Waals surface area contributed by atoms with Crippen molar-refractivity contribution >= 4 is 23.9 Å². The number of hydrogen-bond donors (Lipinski definition) is 0. The normalized spacial score (nSPS) is 39.8. The van der Waals surface area contributed by atoms with Crippen molar-refractivity contribution in [2.45, 2.75) is 104 Å². The lowest BCUT2D eigenvalue weighted by atomic mass is 9.45. The van der Waals surface area contributed by atoms with Crippen molar-refractivity contribution in [2.75, 3.05) is 13.2 Å². The van der Waals surface area contributed by atoms with Gasteiger partial charge in [0.2, 0.25) is 0 Å². The van der Waals surface area contributed by atoms with Crippen LogP contribution in [-0.2, 0) is 47.6 Å². The monoisotopic (exact) mass is 522 g/mol. The fourth-order valence-corrected chi connectivity index (χ4v) is 6.75. The topological polar surface area (TPSA) is 127 Å². The highest BCUT2D eigenvalue weighted by molar-refractivity contribution is 5.70. The second-order valence-corrected chi connectivity index (χ2v) is 11.5. The molecule has 2 aliphatic heterocycles. The van der Waals surface area contributed by atoms with Gasteiger partial charge in [-0.05, 0) is 18.4 Å². The Kier molecular flexibility index (Phi) is 7.22. The highest BCUT2D eigenvalue weighted by atomic mass is 16.7. The van der Waals surface area contributed by atoms with E-state index in [1.165, 1.54) is 20.8 Å². The molecule has 0 aromatic heterocycles. The van der Waals surface area contributed by atoms with Gasteiger partial charge in [-0.1, -0.05) is 26.8 Å². The highest BCUT2D eigenvalue weighted by Gasteiger charge is 2.83. The molecule has 10 nitrogen and oxygen atoms in total. The van der Waals surface area contributed by atoms with E-state index < -0.39 is 64.9 Å². The van der Waals surface area contributed by atoms with Gasteiger partial charge in [0.1, 0.15) is 36.6 Å². The van der Waals surface area contributed by atoms with Crippen LogP contribution in [-0.4, -0.2) is 73.2 Å². The van der Waals surface area contributed by atoms with E-state index in [4.69, 9.17) is 28.4 Å². The number of rotatable bonds is 7. The fraction of sp³-hybridized carbons (Fsp3) is 0.778. The van der Waals surface area contributed by atoms with Gasteiger partial charge in [-0.2, -0.15) is 0 Å². The molecule has 0 radical (unpaired) electrons. The van der Waals surface area contributed by atoms with Crippen molar-refractivity contribution in [1.82, 2.24) is 0 Å². The number of carbonyl (C=O) groups is 4. The van der Waals surface area contributed by atoms with Crippen LogP contribution in [0.25, 0.3) is 0 Å². The summed E-state index contributed by atoms with van der Waals surface area (Å²) in [5.41, 5.74) is -2.03. The summed E-state index contributed by atoms with van der Waals surface area (Å²) in [6, 6.07) is 0. The minimum absolute atomic E-state index is 0.0562. The maximum atomic E-state index is 12.7. The zero-order valence-electron chi connectivity index (χ0n) is 22.7. The molecule has 4 rings (SSSR count). The molecule has 1 saturated carbocycles. The maximum absolute atomic E-state index is 12.7. The second-order valence-electron chi connectivity index (χ2n) is 11.5.